The Morgan fingerprint density at radius 3 is 1.96 bits per heavy atom. The molecule has 0 spiro atoms. The van der Waals surface area contributed by atoms with Crippen LogP contribution in [0.3, 0.4) is 0 Å². The Bertz CT molecular complexity index is 1660. The zero-order chi connectivity index (χ0) is 33.7. The highest BCUT2D eigenvalue weighted by Crippen LogP contribution is 2.29. The molecule has 0 bridgehead atoms. The molecule has 3 N–H and O–H groups in total. The number of benzene rings is 3. The number of fused-ring (bicyclic) bond motifs is 1. The molecule has 2 heterocycles. The van der Waals surface area contributed by atoms with Crippen molar-refractivity contribution in [2.75, 3.05) is 30.8 Å². The van der Waals surface area contributed by atoms with E-state index in [9.17, 15) is 24.0 Å². The van der Waals surface area contributed by atoms with Gasteiger partial charge in [-0.1, -0.05) is 51.1 Å². The second kappa shape index (κ2) is 14.7. The van der Waals surface area contributed by atoms with Crippen molar-refractivity contribution in [3.8, 4) is 11.1 Å². The largest absolute Gasteiger partial charge is 0.453 e. The van der Waals surface area contributed by atoms with Crippen LogP contribution in [0.2, 0.25) is 0 Å². The van der Waals surface area contributed by atoms with Crippen LogP contribution in [0.4, 0.5) is 16.2 Å². The molecule has 248 valence electrons. The summed E-state index contributed by atoms with van der Waals surface area (Å²) in [7, 11) is 1.25. The summed E-state index contributed by atoms with van der Waals surface area (Å²) in [5.41, 5.74) is 3.27. The first-order valence-electron chi connectivity index (χ1n) is 16.3. The zero-order valence-electron chi connectivity index (χ0n) is 27.4. The highest BCUT2D eigenvalue weighted by Gasteiger charge is 2.39. The molecule has 2 saturated heterocycles. The smallest absolute Gasteiger partial charge is 0.407 e. The van der Waals surface area contributed by atoms with E-state index in [1.165, 1.54) is 7.11 Å². The number of amides is 5. The predicted molar refractivity (Wildman–Crippen MR) is 181 cm³/mol. The van der Waals surface area contributed by atoms with Crippen molar-refractivity contribution in [3.05, 3.63) is 60.7 Å². The monoisotopic (exact) mass is 641 g/mol. The summed E-state index contributed by atoms with van der Waals surface area (Å²) in [4.78, 5) is 66.8. The molecule has 0 radical (unpaired) electrons. The van der Waals surface area contributed by atoms with Gasteiger partial charge in [-0.05, 0) is 83.8 Å². The lowest BCUT2D eigenvalue weighted by Gasteiger charge is -2.30. The fourth-order valence-electron chi connectivity index (χ4n) is 6.42. The molecule has 5 rings (SSSR count). The molecule has 0 unspecified atom stereocenters. The van der Waals surface area contributed by atoms with Gasteiger partial charge >= 0.3 is 6.09 Å². The molecule has 2 fully saturated rings. The van der Waals surface area contributed by atoms with Gasteiger partial charge < -0.3 is 30.5 Å². The molecule has 0 aromatic heterocycles. The van der Waals surface area contributed by atoms with Crippen molar-refractivity contribution in [1.29, 1.82) is 0 Å². The topological polar surface area (TPSA) is 137 Å². The number of methoxy groups -OCH3 is 1. The summed E-state index contributed by atoms with van der Waals surface area (Å²) in [6.45, 7) is 6.54. The van der Waals surface area contributed by atoms with Gasteiger partial charge in [-0.25, -0.2) is 4.79 Å². The Morgan fingerprint density at radius 2 is 1.32 bits per heavy atom. The molecule has 11 heteroatoms. The average Bonchev–Trinajstić information content (AvgIpc) is 3.77. The van der Waals surface area contributed by atoms with E-state index in [-0.39, 0.29) is 29.5 Å². The molecule has 3 aromatic carbocycles. The van der Waals surface area contributed by atoms with Crippen molar-refractivity contribution in [1.82, 2.24) is 15.1 Å². The van der Waals surface area contributed by atoms with E-state index >= 15 is 0 Å². The second-order valence-corrected chi connectivity index (χ2v) is 12.5. The number of likely N-dealkylation sites (tertiary alicyclic amines) is 2. The van der Waals surface area contributed by atoms with Gasteiger partial charge in [0.15, 0.2) is 0 Å². The first kappa shape index (κ1) is 33.4. The lowest BCUT2D eigenvalue weighted by molar-refractivity contribution is -0.139. The Morgan fingerprint density at radius 1 is 0.766 bits per heavy atom. The molecule has 3 aromatic rings. The van der Waals surface area contributed by atoms with Gasteiger partial charge in [-0.3, -0.25) is 19.2 Å². The van der Waals surface area contributed by atoms with Gasteiger partial charge in [0.25, 0.3) is 0 Å². The first-order valence-corrected chi connectivity index (χ1v) is 16.3. The van der Waals surface area contributed by atoms with E-state index in [0.717, 1.165) is 28.3 Å². The number of anilines is 2. The average molecular weight is 642 g/mol. The quantitative estimate of drug-likeness (QED) is 0.295. The lowest BCUT2D eigenvalue weighted by atomic mass is 10.0. The van der Waals surface area contributed by atoms with Crippen LogP contribution in [0.1, 0.15) is 52.9 Å². The molecular weight excluding hydrogens is 598 g/mol. The van der Waals surface area contributed by atoms with Crippen LogP contribution in [0.25, 0.3) is 21.9 Å². The highest BCUT2D eigenvalue weighted by molar-refractivity contribution is 6.00. The van der Waals surface area contributed by atoms with E-state index in [2.05, 4.69) is 26.8 Å². The SMILES string of the molecule is CCC(=O)N1CCC[C@H]1C(=O)Nc1ccc2cc(-c3ccc(NC(=O)[C@@H]4CCCN4C(=O)[C@@H](NC(=O)OC)C(C)C)cc3)ccc2c1. The van der Waals surface area contributed by atoms with Gasteiger partial charge in [0.2, 0.25) is 23.6 Å². The van der Waals surface area contributed by atoms with Crippen LogP contribution < -0.4 is 16.0 Å². The van der Waals surface area contributed by atoms with Crippen LogP contribution in [0.5, 0.6) is 0 Å². The van der Waals surface area contributed by atoms with Crippen molar-refractivity contribution in [2.45, 2.75) is 71.0 Å². The van der Waals surface area contributed by atoms with Crippen LogP contribution in [0, 0.1) is 5.92 Å². The van der Waals surface area contributed by atoms with Crippen LogP contribution in [0.15, 0.2) is 60.7 Å². The van der Waals surface area contributed by atoms with Crippen molar-refractivity contribution >= 4 is 51.9 Å². The summed E-state index contributed by atoms with van der Waals surface area (Å²) in [6, 6.07) is 17.5. The number of carbonyl (C=O) groups excluding carboxylic acids is 5. The third-order valence-electron chi connectivity index (χ3n) is 9.00. The number of carbonyl (C=O) groups is 5. The normalized spacial score (nSPS) is 18.2. The lowest BCUT2D eigenvalue weighted by Crippen LogP contribution is -2.54. The molecule has 3 atom stereocenters. The predicted octanol–water partition coefficient (Wildman–Crippen LogP) is 5.16. The summed E-state index contributed by atoms with van der Waals surface area (Å²) in [5, 5.41) is 10.5. The molecule has 2 aliphatic rings. The van der Waals surface area contributed by atoms with Gasteiger partial charge in [-0.15, -0.1) is 0 Å². The number of rotatable bonds is 9. The number of alkyl carbamates (subject to hydrolysis) is 1. The maximum absolute atomic E-state index is 13.3. The second-order valence-electron chi connectivity index (χ2n) is 12.5. The molecule has 0 saturated carbocycles. The van der Waals surface area contributed by atoms with Gasteiger partial charge in [0.1, 0.15) is 18.1 Å². The molecule has 11 nitrogen and oxygen atoms in total. The Balaban J connectivity index is 1.22. The zero-order valence-corrected chi connectivity index (χ0v) is 27.4. The molecular formula is C36H43N5O6. The maximum Gasteiger partial charge on any atom is 0.407 e. The van der Waals surface area contributed by atoms with Crippen molar-refractivity contribution in [2.24, 2.45) is 5.92 Å². The van der Waals surface area contributed by atoms with Crippen LogP contribution >= 0.6 is 0 Å². The van der Waals surface area contributed by atoms with Crippen LogP contribution in [-0.2, 0) is 23.9 Å². The van der Waals surface area contributed by atoms with Crippen molar-refractivity contribution < 1.29 is 28.7 Å². The summed E-state index contributed by atoms with van der Waals surface area (Å²) >= 11 is 0. The van der Waals surface area contributed by atoms with E-state index in [1.54, 1.807) is 9.80 Å². The standard InChI is InChI=1S/C36H43N5O6/c1-5-31(42)40-18-6-8-29(40)33(43)38-28-17-14-25-20-24(10-11-26(25)21-28)23-12-15-27(16-13-23)37-34(44)30-9-7-19-41(30)35(45)32(22(2)3)39-36(46)47-4/h10-17,20-22,29-30,32H,5-9,18-19H2,1-4H3,(H,37,44)(H,38,43)(H,39,46)/t29-,30-,32-/m0/s1. The summed E-state index contributed by atoms with van der Waals surface area (Å²) < 4.78 is 4.68. The Hall–Kier alpha value is -4.93. The highest BCUT2D eigenvalue weighted by atomic mass is 16.5. The van der Waals surface area contributed by atoms with Gasteiger partial charge in [-0.2, -0.15) is 0 Å². The molecule has 2 aliphatic heterocycles. The third-order valence-corrected chi connectivity index (χ3v) is 9.00. The third kappa shape index (κ3) is 7.56. The minimum absolute atomic E-state index is 0.00249. The van der Waals surface area contributed by atoms with Crippen molar-refractivity contribution in [3.63, 3.8) is 0 Å². The number of nitrogens with one attached hydrogen (secondary N) is 3. The van der Waals surface area contributed by atoms with E-state index < -0.39 is 24.2 Å². The molecule has 0 aliphatic carbocycles. The fraction of sp³-hybridized carbons (Fsp3) is 0.417. The fourth-order valence-corrected chi connectivity index (χ4v) is 6.42. The van der Waals surface area contributed by atoms with Gasteiger partial charge in [0, 0.05) is 30.9 Å². The minimum Gasteiger partial charge on any atom is -0.453 e. The summed E-state index contributed by atoms with van der Waals surface area (Å²) in [6.07, 6.45) is 2.44. The number of hydrogen-bond donors (Lipinski definition) is 3. The number of hydrogen-bond acceptors (Lipinski definition) is 6. The number of nitrogens with zero attached hydrogens (tertiary/aromatic N) is 2. The molecule has 5 amide bonds. The van der Waals surface area contributed by atoms with E-state index in [4.69, 9.17) is 0 Å². The first-order chi connectivity index (χ1) is 22.6. The van der Waals surface area contributed by atoms with E-state index in [0.29, 0.717) is 50.1 Å². The number of ether oxygens (including phenoxy) is 1. The maximum atomic E-state index is 13.3. The Labute approximate surface area is 275 Å². The van der Waals surface area contributed by atoms with Gasteiger partial charge in [0.05, 0.1) is 7.11 Å². The minimum atomic E-state index is -0.789. The summed E-state index contributed by atoms with van der Waals surface area (Å²) in [5.74, 6) is -0.899. The molecule has 47 heavy (non-hydrogen) atoms. The Kier molecular flexibility index (Phi) is 10.4. The van der Waals surface area contributed by atoms with Crippen LogP contribution in [-0.4, -0.2) is 77.8 Å². The van der Waals surface area contributed by atoms with E-state index in [1.807, 2.05) is 75.4 Å².